The maximum absolute atomic E-state index is 4.37. The fourth-order valence-electron chi connectivity index (χ4n) is 2.17. The van der Waals surface area contributed by atoms with E-state index in [1.54, 1.807) is 24.6 Å². The van der Waals surface area contributed by atoms with Crippen molar-refractivity contribution in [3.8, 4) is 0 Å². The number of rotatable bonds is 9. The molecule has 24 heavy (non-hydrogen) atoms. The van der Waals surface area contributed by atoms with Gasteiger partial charge in [0.25, 0.3) is 0 Å². The molecule has 0 aliphatic heterocycles. The highest BCUT2D eigenvalue weighted by Crippen LogP contribution is 2.10. The smallest absolute Gasteiger partial charge is 0.190 e. The molecule has 2 heterocycles. The summed E-state index contributed by atoms with van der Waals surface area (Å²) in [5.41, 5.74) is 0. The first-order chi connectivity index (χ1) is 11.8. The monoisotopic (exact) mass is 346 g/mol. The van der Waals surface area contributed by atoms with Crippen molar-refractivity contribution in [2.24, 2.45) is 4.99 Å². The quantitative estimate of drug-likeness (QED) is 0.369. The lowest BCUT2D eigenvalue weighted by atomic mass is 10.3. The normalized spacial score (nSPS) is 11.3. The second kappa shape index (κ2) is 10.6. The molecule has 3 N–H and O–H groups in total. The number of pyridine rings is 1. The van der Waals surface area contributed by atoms with Crippen molar-refractivity contribution < 1.29 is 0 Å². The van der Waals surface area contributed by atoms with E-state index in [1.165, 1.54) is 4.88 Å². The first-order valence-electron chi connectivity index (χ1n) is 8.28. The van der Waals surface area contributed by atoms with Crippen LogP contribution in [0, 0.1) is 6.92 Å². The van der Waals surface area contributed by atoms with E-state index in [9.17, 15) is 0 Å². The van der Waals surface area contributed by atoms with Crippen LogP contribution < -0.4 is 16.0 Å². The van der Waals surface area contributed by atoms with Crippen molar-refractivity contribution in [2.75, 3.05) is 32.0 Å². The number of hydrogen-bond acceptors (Lipinski definition) is 5. The van der Waals surface area contributed by atoms with Crippen LogP contribution >= 0.6 is 11.3 Å². The van der Waals surface area contributed by atoms with E-state index >= 15 is 0 Å². The Morgan fingerprint density at radius 2 is 1.96 bits per heavy atom. The highest BCUT2D eigenvalue weighted by molar-refractivity contribution is 7.11. The van der Waals surface area contributed by atoms with E-state index in [-0.39, 0.29) is 0 Å². The molecule has 0 bridgehead atoms. The number of thiazole rings is 1. The van der Waals surface area contributed by atoms with Crippen LogP contribution in [-0.2, 0) is 6.42 Å². The number of guanidine groups is 1. The Labute approximate surface area is 147 Å². The number of aromatic nitrogens is 2. The van der Waals surface area contributed by atoms with Crippen LogP contribution in [0.3, 0.4) is 0 Å². The summed E-state index contributed by atoms with van der Waals surface area (Å²) < 4.78 is 0. The lowest BCUT2D eigenvalue weighted by molar-refractivity contribution is 0.710. The van der Waals surface area contributed by atoms with Gasteiger partial charge in [-0.25, -0.2) is 9.97 Å². The van der Waals surface area contributed by atoms with Gasteiger partial charge in [-0.2, -0.15) is 0 Å². The summed E-state index contributed by atoms with van der Waals surface area (Å²) >= 11 is 1.75. The molecule has 0 atom stereocenters. The van der Waals surface area contributed by atoms with Crippen LogP contribution in [0.5, 0.6) is 0 Å². The summed E-state index contributed by atoms with van der Waals surface area (Å²) in [7, 11) is 1.80. The molecule has 7 heteroatoms. The second-order valence-electron chi connectivity index (χ2n) is 5.39. The minimum absolute atomic E-state index is 0.841. The van der Waals surface area contributed by atoms with E-state index in [1.807, 2.05) is 24.4 Å². The third-order valence-electron chi connectivity index (χ3n) is 3.39. The van der Waals surface area contributed by atoms with E-state index in [0.717, 1.165) is 55.7 Å². The Bertz CT molecular complexity index is 611. The maximum Gasteiger partial charge on any atom is 0.190 e. The maximum atomic E-state index is 4.37. The van der Waals surface area contributed by atoms with Gasteiger partial charge >= 0.3 is 0 Å². The number of nitrogens with zero attached hydrogens (tertiary/aromatic N) is 3. The van der Waals surface area contributed by atoms with Gasteiger partial charge in [0, 0.05) is 50.4 Å². The summed E-state index contributed by atoms with van der Waals surface area (Å²) in [5.74, 6) is 1.78. The highest BCUT2D eigenvalue weighted by atomic mass is 32.1. The van der Waals surface area contributed by atoms with Crippen LogP contribution in [-0.4, -0.2) is 42.6 Å². The summed E-state index contributed by atoms with van der Waals surface area (Å²) in [4.78, 5) is 14.1. The molecule has 0 aliphatic rings. The topological polar surface area (TPSA) is 74.2 Å². The molecule has 0 fully saturated rings. The van der Waals surface area contributed by atoms with Crippen molar-refractivity contribution in [3.63, 3.8) is 0 Å². The van der Waals surface area contributed by atoms with E-state index in [0.29, 0.717) is 0 Å². The SMILES string of the molecule is CN=C(NCCCCNc1ccccn1)NCCc1ncc(C)s1. The predicted octanol–water partition coefficient (Wildman–Crippen LogP) is 2.45. The number of nitrogens with one attached hydrogen (secondary N) is 3. The minimum atomic E-state index is 0.841. The van der Waals surface area contributed by atoms with Crippen LogP contribution in [0.25, 0.3) is 0 Å². The second-order valence-corrected chi connectivity index (χ2v) is 6.71. The van der Waals surface area contributed by atoms with Crippen molar-refractivity contribution in [2.45, 2.75) is 26.2 Å². The van der Waals surface area contributed by atoms with Gasteiger partial charge in [0.15, 0.2) is 5.96 Å². The van der Waals surface area contributed by atoms with E-state index in [2.05, 4.69) is 37.8 Å². The van der Waals surface area contributed by atoms with Crippen LogP contribution in [0.1, 0.15) is 22.7 Å². The van der Waals surface area contributed by atoms with Gasteiger partial charge in [0.05, 0.1) is 5.01 Å². The molecule has 0 saturated heterocycles. The molecule has 2 rings (SSSR count). The van der Waals surface area contributed by atoms with Crippen molar-refractivity contribution in [1.82, 2.24) is 20.6 Å². The standard InChI is InChI=1S/C17H26N6S/c1-14-13-23-16(24-14)8-12-22-17(18-2)21-11-6-5-10-20-15-7-3-4-9-19-15/h3-4,7,9,13H,5-6,8,10-12H2,1-2H3,(H,19,20)(H2,18,21,22). The van der Waals surface area contributed by atoms with Gasteiger partial charge in [0.1, 0.15) is 5.82 Å². The zero-order chi connectivity index (χ0) is 17.0. The van der Waals surface area contributed by atoms with Gasteiger partial charge in [-0.15, -0.1) is 11.3 Å². The number of hydrogen-bond donors (Lipinski definition) is 3. The molecule has 0 unspecified atom stereocenters. The average molecular weight is 347 g/mol. The summed E-state index contributed by atoms with van der Waals surface area (Å²) in [6.07, 6.45) is 6.80. The number of unbranched alkanes of at least 4 members (excludes halogenated alkanes) is 1. The molecule has 0 aliphatic carbocycles. The third-order valence-corrected chi connectivity index (χ3v) is 4.36. The first kappa shape index (κ1) is 18.2. The van der Waals surface area contributed by atoms with Crippen LogP contribution in [0.2, 0.25) is 0 Å². The van der Waals surface area contributed by atoms with E-state index < -0.39 is 0 Å². The number of aryl methyl sites for hydroxylation is 1. The molecule has 0 radical (unpaired) electrons. The molecular formula is C17H26N6S. The van der Waals surface area contributed by atoms with Crippen molar-refractivity contribution in [1.29, 1.82) is 0 Å². The zero-order valence-electron chi connectivity index (χ0n) is 14.4. The van der Waals surface area contributed by atoms with Gasteiger partial charge in [-0.3, -0.25) is 4.99 Å². The van der Waals surface area contributed by atoms with Gasteiger partial charge in [0.2, 0.25) is 0 Å². The van der Waals surface area contributed by atoms with Crippen molar-refractivity contribution >= 4 is 23.1 Å². The fourth-order valence-corrected chi connectivity index (χ4v) is 2.95. The Morgan fingerprint density at radius 1 is 1.12 bits per heavy atom. The Hall–Kier alpha value is -2.15. The molecule has 6 nitrogen and oxygen atoms in total. The molecule has 0 aromatic carbocycles. The largest absolute Gasteiger partial charge is 0.370 e. The zero-order valence-corrected chi connectivity index (χ0v) is 15.2. The first-order valence-corrected chi connectivity index (χ1v) is 9.10. The Balaban J connectivity index is 1.52. The summed E-state index contributed by atoms with van der Waals surface area (Å²) in [6.45, 7) is 4.75. The molecule has 0 saturated carbocycles. The summed E-state index contributed by atoms with van der Waals surface area (Å²) in [6, 6.07) is 5.89. The van der Waals surface area contributed by atoms with Crippen molar-refractivity contribution in [3.05, 3.63) is 40.5 Å². The minimum Gasteiger partial charge on any atom is -0.370 e. The Morgan fingerprint density at radius 3 is 2.67 bits per heavy atom. The number of anilines is 1. The molecule has 0 amide bonds. The third kappa shape index (κ3) is 6.95. The predicted molar refractivity (Wildman–Crippen MR) is 102 cm³/mol. The molecular weight excluding hydrogens is 320 g/mol. The molecule has 2 aromatic heterocycles. The molecule has 2 aromatic rings. The fraction of sp³-hybridized carbons (Fsp3) is 0.471. The van der Waals surface area contributed by atoms with Crippen LogP contribution in [0.15, 0.2) is 35.6 Å². The Kier molecular flexibility index (Phi) is 8.03. The average Bonchev–Trinajstić information content (AvgIpc) is 3.02. The molecule has 130 valence electrons. The van der Waals surface area contributed by atoms with E-state index in [4.69, 9.17) is 0 Å². The van der Waals surface area contributed by atoms with Gasteiger partial charge in [-0.05, 0) is 31.9 Å². The highest BCUT2D eigenvalue weighted by Gasteiger charge is 2.00. The van der Waals surface area contributed by atoms with Gasteiger partial charge in [-0.1, -0.05) is 6.07 Å². The lowest BCUT2D eigenvalue weighted by Crippen LogP contribution is -2.38. The summed E-state index contributed by atoms with van der Waals surface area (Å²) in [5, 5.41) is 11.1. The lowest BCUT2D eigenvalue weighted by Gasteiger charge is -2.11. The van der Waals surface area contributed by atoms with Gasteiger partial charge < -0.3 is 16.0 Å². The number of aliphatic imine (C=N–C) groups is 1. The van der Waals surface area contributed by atoms with Crippen LogP contribution in [0.4, 0.5) is 5.82 Å². The molecule has 0 spiro atoms.